The molecule has 0 fully saturated rings. The molecule has 0 aromatic carbocycles. The first-order chi connectivity index (χ1) is 4.72. The topological polar surface area (TPSA) is 35.5 Å². The highest BCUT2D eigenvalue weighted by molar-refractivity contribution is 5.87. The molecule has 10 heavy (non-hydrogen) atoms. The summed E-state index contributed by atoms with van der Waals surface area (Å²) >= 11 is 0. The summed E-state index contributed by atoms with van der Waals surface area (Å²) in [5.41, 5.74) is 0.573. The van der Waals surface area contributed by atoms with Crippen molar-refractivity contribution >= 4 is 5.97 Å². The Labute approximate surface area is 60.6 Å². The molecule has 0 aliphatic rings. The Morgan fingerprint density at radius 3 is 2.60 bits per heavy atom. The van der Waals surface area contributed by atoms with Crippen LogP contribution < -0.4 is 0 Å². The van der Waals surface area contributed by atoms with E-state index in [0.717, 1.165) is 6.42 Å². The lowest BCUT2D eigenvalue weighted by Crippen LogP contribution is -2.04. The van der Waals surface area contributed by atoms with Crippen molar-refractivity contribution in [2.75, 3.05) is 7.11 Å². The molecule has 0 saturated heterocycles. The quantitative estimate of drug-likeness (QED) is 0.341. The smallest absolute Gasteiger partial charge is 0.294 e. The van der Waals surface area contributed by atoms with Gasteiger partial charge in [-0.15, -0.1) is 0 Å². The van der Waals surface area contributed by atoms with E-state index >= 15 is 0 Å². The standard InChI is InChI=1S/C7H12O3/c1-4-5-6(2)7(8)10-9-3/h5H,4H2,1-3H3/b6-5+. The number of hydrogen-bond donors (Lipinski definition) is 0. The highest BCUT2D eigenvalue weighted by atomic mass is 17.2. The Morgan fingerprint density at radius 2 is 2.20 bits per heavy atom. The van der Waals surface area contributed by atoms with Gasteiger partial charge < -0.3 is 0 Å². The van der Waals surface area contributed by atoms with E-state index in [1.54, 1.807) is 13.0 Å². The second-order valence-corrected chi connectivity index (χ2v) is 1.83. The first-order valence-electron chi connectivity index (χ1n) is 3.14. The van der Waals surface area contributed by atoms with Crippen LogP contribution in [0.4, 0.5) is 0 Å². The van der Waals surface area contributed by atoms with Gasteiger partial charge in [0.05, 0.1) is 7.11 Å². The van der Waals surface area contributed by atoms with E-state index in [2.05, 4.69) is 9.78 Å². The predicted molar refractivity (Wildman–Crippen MR) is 37.1 cm³/mol. The summed E-state index contributed by atoms with van der Waals surface area (Å²) in [5.74, 6) is -0.427. The van der Waals surface area contributed by atoms with Crippen molar-refractivity contribution in [2.45, 2.75) is 20.3 Å². The van der Waals surface area contributed by atoms with Crippen molar-refractivity contribution in [1.82, 2.24) is 0 Å². The minimum Gasteiger partial charge on any atom is -0.294 e. The zero-order valence-electron chi connectivity index (χ0n) is 6.51. The first-order valence-corrected chi connectivity index (χ1v) is 3.14. The van der Waals surface area contributed by atoms with Gasteiger partial charge in [0, 0.05) is 5.57 Å². The molecular formula is C7H12O3. The van der Waals surface area contributed by atoms with Gasteiger partial charge in [-0.3, -0.25) is 4.89 Å². The Hall–Kier alpha value is -0.830. The average Bonchev–Trinajstić information content (AvgIpc) is 1.89. The van der Waals surface area contributed by atoms with E-state index < -0.39 is 5.97 Å². The molecule has 0 rings (SSSR count). The van der Waals surface area contributed by atoms with Gasteiger partial charge in [0.2, 0.25) is 0 Å². The van der Waals surface area contributed by atoms with Crippen molar-refractivity contribution in [2.24, 2.45) is 0 Å². The highest BCUT2D eigenvalue weighted by Gasteiger charge is 2.03. The van der Waals surface area contributed by atoms with E-state index in [0.29, 0.717) is 5.57 Å². The van der Waals surface area contributed by atoms with Crippen molar-refractivity contribution in [3.63, 3.8) is 0 Å². The van der Waals surface area contributed by atoms with Gasteiger partial charge in [-0.25, -0.2) is 4.79 Å². The second kappa shape index (κ2) is 4.99. The number of rotatable bonds is 3. The first kappa shape index (κ1) is 9.17. The zero-order valence-corrected chi connectivity index (χ0v) is 6.51. The van der Waals surface area contributed by atoms with E-state index in [1.165, 1.54) is 7.11 Å². The number of allylic oxidation sites excluding steroid dienone is 1. The lowest BCUT2D eigenvalue weighted by atomic mass is 10.2. The third kappa shape index (κ3) is 3.25. The van der Waals surface area contributed by atoms with E-state index in [1.807, 2.05) is 6.92 Å². The Morgan fingerprint density at radius 1 is 1.60 bits per heavy atom. The van der Waals surface area contributed by atoms with Crippen molar-refractivity contribution < 1.29 is 14.6 Å². The minimum atomic E-state index is -0.427. The maximum Gasteiger partial charge on any atom is 0.368 e. The van der Waals surface area contributed by atoms with Gasteiger partial charge in [0.25, 0.3) is 0 Å². The molecule has 3 nitrogen and oxygen atoms in total. The molecule has 0 spiro atoms. The monoisotopic (exact) mass is 144 g/mol. The Balaban J connectivity index is 3.82. The summed E-state index contributed by atoms with van der Waals surface area (Å²) in [4.78, 5) is 19.1. The Kier molecular flexibility index (Phi) is 4.58. The predicted octanol–water partition coefficient (Wildman–Crippen LogP) is 1.45. The van der Waals surface area contributed by atoms with Gasteiger partial charge >= 0.3 is 5.97 Å². The summed E-state index contributed by atoms with van der Waals surface area (Å²) in [7, 11) is 1.30. The molecular weight excluding hydrogens is 132 g/mol. The molecule has 0 radical (unpaired) electrons. The van der Waals surface area contributed by atoms with Gasteiger partial charge in [0.1, 0.15) is 0 Å². The molecule has 0 aromatic rings. The van der Waals surface area contributed by atoms with Crippen molar-refractivity contribution in [1.29, 1.82) is 0 Å². The summed E-state index contributed by atoms with van der Waals surface area (Å²) in [6.45, 7) is 3.63. The molecule has 0 saturated carbocycles. The molecule has 0 aromatic heterocycles. The second-order valence-electron chi connectivity index (χ2n) is 1.83. The van der Waals surface area contributed by atoms with Crippen LogP contribution in [0.1, 0.15) is 20.3 Å². The van der Waals surface area contributed by atoms with Gasteiger partial charge in [-0.2, -0.15) is 4.89 Å². The third-order valence-electron chi connectivity index (χ3n) is 0.991. The van der Waals surface area contributed by atoms with Crippen LogP contribution in [0.5, 0.6) is 0 Å². The molecule has 0 N–H and O–H groups in total. The number of carbonyl (C=O) groups excluding carboxylic acids is 1. The fourth-order valence-corrected chi connectivity index (χ4v) is 0.531. The average molecular weight is 144 g/mol. The van der Waals surface area contributed by atoms with E-state index in [9.17, 15) is 4.79 Å². The van der Waals surface area contributed by atoms with Crippen LogP contribution in [-0.2, 0) is 14.6 Å². The van der Waals surface area contributed by atoms with Crippen molar-refractivity contribution in [3.05, 3.63) is 11.6 Å². The molecule has 0 amide bonds. The summed E-state index contributed by atoms with van der Waals surface area (Å²) in [5, 5.41) is 0. The SMILES string of the molecule is CC/C=C(\C)C(=O)OOC. The maximum atomic E-state index is 10.7. The molecule has 0 aliphatic carbocycles. The largest absolute Gasteiger partial charge is 0.368 e. The normalized spacial score (nSPS) is 11.3. The van der Waals surface area contributed by atoms with Crippen LogP contribution in [0.2, 0.25) is 0 Å². The van der Waals surface area contributed by atoms with E-state index in [-0.39, 0.29) is 0 Å². The zero-order chi connectivity index (χ0) is 7.98. The molecule has 58 valence electrons. The lowest BCUT2D eigenvalue weighted by molar-refractivity contribution is -0.250. The Bertz CT molecular complexity index is 138. The van der Waals surface area contributed by atoms with Crippen LogP contribution >= 0.6 is 0 Å². The van der Waals surface area contributed by atoms with Gasteiger partial charge in [-0.1, -0.05) is 13.0 Å². The molecule has 0 aliphatic heterocycles. The molecule has 3 heteroatoms. The molecule has 0 unspecified atom stereocenters. The summed E-state index contributed by atoms with van der Waals surface area (Å²) in [6.07, 6.45) is 2.60. The third-order valence-corrected chi connectivity index (χ3v) is 0.991. The fraction of sp³-hybridized carbons (Fsp3) is 0.571. The van der Waals surface area contributed by atoms with Gasteiger partial charge in [0.15, 0.2) is 0 Å². The molecule has 0 heterocycles. The van der Waals surface area contributed by atoms with Gasteiger partial charge in [-0.05, 0) is 13.3 Å². The van der Waals surface area contributed by atoms with Crippen molar-refractivity contribution in [3.8, 4) is 0 Å². The van der Waals surface area contributed by atoms with Crippen LogP contribution in [0.15, 0.2) is 11.6 Å². The molecule has 0 atom stereocenters. The molecule has 0 bridgehead atoms. The van der Waals surface area contributed by atoms with Crippen LogP contribution in [0.25, 0.3) is 0 Å². The van der Waals surface area contributed by atoms with Crippen LogP contribution in [-0.4, -0.2) is 13.1 Å². The van der Waals surface area contributed by atoms with E-state index in [4.69, 9.17) is 0 Å². The number of hydrogen-bond acceptors (Lipinski definition) is 3. The highest BCUT2D eigenvalue weighted by Crippen LogP contribution is 1.97. The minimum absolute atomic E-state index is 0.427. The lowest BCUT2D eigenvalue weighted by Gasteiger charge is -1.97. The van der Waals surface area contributed by atoms with Crippen LogP contribution in [0, 0.1) is 0 Å². The fourth-order valence-electron chi connectivity index (χ4n) is 0.531. The number of carbonyl (C=O) groups is 1. The maximum absolute atomic E-state index is 10.7. The summed E-state index contributed by atoms with van der Waals surface area (Å²) in [6, 6.07) is 0. The van der Waals surface area contributed by atoms with Crippen LogP contribution in [0.3, 0.4) is 0 Å². The summed E-state index contributed by atoms with van der Waals surface area (Å²) < 4.78 is 0.